The normalized spacial score (nSPS) is 13.9. The zero-order valence-corrected chi connectivity index (χ0v) is 20.4. The number of ether oxygens (including phenoxy) is 2. The van der Waals surface area contributed by atoms with Crippen molar-refractivity contribution in [1.82, 2.24) is 14.8 Å². The first kappa shape index (κ1) is 23.6. The van der Waals surface area contributed by atoms with Crippen LogP contribution in [0.1, 0.15) is 16.8 Å². The van der Waals surface area contributed by atoms with Gasteiger partial charge in [0.25, 0.3) is 0 Å². The molecule has 178 valence electrons. The number of amides is 2. The highest BCUT2D eigenvalue weighted by atomic mass is 32.1. The Morgan fingerprint density at radius 2 is 1.56 bits per heavy atom. The van der Waals surface area contributed by atoms with Gasteiger partial charge in [-0.15, -0.1) is 11.3 Å². The van der Waals surface area contributed by atoms with E-state index in [4.69, 9.17) is 14.5 Å². The van der Waals surface area contributed by atoms with Crippen LogP contribution in [-0.4, -0.2) is 61.0 Å². The third-order valence-corrected chi connectivity index (χ3v) is 6.61. The van der Waals surface area contributed by atoms with Gasteiger partial charge in [-0.3, -0.25) is 9.59 Å². The summed E-state index contributed by atoms with van der Waals surface area (Å²) in [6.45, 7) is 1.77. The maximum atomic E-state index is 12.4. The number of methoxy groups -OCH3 is 2. The maximum Gasteiger partial charge on any atom is 0.243 e. The number of aromatic nitrogens is 1. The van der Waals surface area contributed by atoms with Crippen molar-refractivity contribution in [3.63, 3.8) is 0 Å². The molecule has 1 aromatic heterocycles. The second-order valence-electron chi connectivity index (χ2n) is 8.18. The van der Waals surface area contributed by atoms with Gasteiger partial charge in [-0.2, -0.15) is 0 Å². The van der Waals surface area contributed by atoms with Gasteiger partial charge < -0.3 is 24.2 Å². The lowest BCUT2D eigenvalue weighted by molar-refractivity contribution is -0.149. The van der Waals surface area contributed by atoms with Crippen molar-refractivity contribution in [2.75, 3.05) is 39.3 Å². The van der Waals surface area contributed by atoms with Crippen LogP contribution in [0.4, 0.5) is 5.13 Å². The second-order valence-corrected chi connectivity index (χ2v) is 9.02. The molecule has 3 aromatic rings. The number of benzene rings is 2. The molecular weight excluding hydrogens is 452 g/mol. The minimum Gasteiger partial charge on any atom is -0.497 e. The van der Waals surface area contributed by atoms with E-state index in [0.717, 1.165) is 33.5 Å². The van der Waals surface area contributed by atoms with E-state index < -0.39 is 0 Å². The fraction of sp³-hybridized carbons (Fsp3) is 0.320. The molecule has 0 radical (unpaired) electrons. The molecule has 0 N–H and O–H groups in total. The Balaban J connectivity index is 1.56. The Morgan fingerprint density at radius 3 is 2.15 bits per heavy atom. The van der Waals surface area contributed by atoms with Crippen molar-refractivity contribution < 1.29 is 19.1 Å². The molecule has 2 heterocycles. The topological polar surface area (TPSA) is 75.2 Å². The Bertz CT molecular complexity index is 1120. The van der Waals surface area contributed by atoms with Crippen LogP contribution in [0, 0.1) is 0 Å². The molecule has 2 amide bonds. The van der Waals surface area contributed by atoms with E-state index in [1.165, 1.54) is 16.2 Å². The van der Waals surface area contributed by atoms with Crippen LogP contribution < -0.4 is 14.4 Å². The molecule has 1 fully saturated rings. The summed E-state index contributed by atoms with van der Waals surface area (Å²) < 4.78 is 10.8. The van der Waals surface area contributed by atoms with E-state index in [1.54, 1.807) is 26.2 Å². The predicted octanol–water partition coefficient (Wildman–Crippen LogP) is 3.17. The number of piperazine rings is 1. The monoisotopic (exact) mass is 480 g/mol. The number of nitrogens with zero attached hydrogens (tertiary/aromatic N) is 4. The number of likely N-dealkylation sites (N-methyl/N-ethyl adjacent to an activating group) is 1. The lowest BCUT2D eigenvalue weighted by Crippen LogP contribution is -2.51. The van der Waals surface area contributed by atoms with Crippen molar-refractivity contribution in [2.24, 2.45) is 0 Å². The Hall–Kier alpha value is -3.59. The van der Waals surface area contributed by atoms with Gasteiger partial charge >= 0.3 is 0 Å². The van der Waals surface area contributed by atoms with Crippen molar-refractivity contribution >= 4 is 28.3 Å². The summed E-state index contributed by atoms with van der Waals surface area (Å²) in [6.07, 6.45) is 0. The van der Waals surface area contributed by atoms with E-state index in [-0.39, 0.29) is 24.9 Å². The lowest BCUT2D eigenvalue weighted by Gasteiger charge is -2.31. The van der Waals surface area contributed by atoms with Gasteiger partial charge in [0.15, 0.2) is 5.13 Å². The first-order valence-corrected chi connectivity index (χ1v) is 11.8. The molecule has 0 aliphatic carbocycles. The van der Waals surface area contributed by atoms with Crippen molar-refractivity contribution in [1.29, 1.82) is 0 Å². The highest BCUT2D eigenvalue weighted by Gasteiger charge is 2.28. The summed E-state index contributed by atoms with van der Waals surface area (Å²) in [5, 5.41) is 2.80. The first-order chi connectivity index (χ1) is 16.4. The van der Waals surface area contributed by atoms with Crippen LogP contribution in [0.15, 0.2) is 53.9 Å². The number of rotatable bonds is 9. The summed E-state index contributed by atoms with van der Waals surface area (Å²) in [5.41, 5.74) is 2.96. The molecule has 0 atom stereocenters. The van der Waals surface area contributed by atoms with Gasteiger partial charge in [0.1, 0.15) is 18.0 Å². The minimum atomic E-state index is -0.0683. The SMILES string of the molecule is COc1cccc(CN(Cc2cccc(OC)c2)c2nc(CN3CC(=O)N(C)CC3=O)cs2)c1. The fourth-order valence-electron chi connectivity index (χ4n) is 3.79. The third kappa shape index (κ3) is 5.66. The summed E-state index contributed by atoms with van der Waals surface area (Å²) in [5.74, 6) is 1.47. The molecule has 0 unspecified atom stereocenters. The van der Waals surface area contributed by atoms with E-state index >= 15 is 0 Å². The molecule has 8 nitrogen and oxygen atoms in total. The summed E-state index contributed by atoms with van der Waals surface area (Å²) in [4.78, 5) is 34.5. The molecule has 0 bridgehead atoms. The molecule has 0 saturated carbocycles. The van der Waals surface area contributed by atoms with E-state index in [1.807, 2.05) is 41.8 Å². The lowest BCUT2D eigenvalue weighted by atomic mass is 10.1. The van der Waals surface area contributed by atoms with Crippen LogP contribution in [0.5, 0.6) is 11.5 Å². The number of hydrogen-bond acceptors (Lipinski definition) is 7. The molecule has 1 aliphatic heterocycles. The predicted molar refractivity (Wildman–Crippen MR) is 131 cm³/mol. The van der Waals surface area contributed by atoms with Crippen LogP contribution >= 0.6 is 11.3 Å². The van der Waals surface area contributed by atoms with Gasteiger partial charge in [0.2, 0.25) is 11.8 Å². The number of thiazole rings is 1. The van der Waals surface area contributed by atoms with E-state index in [2.05, 4.69) is 17.0 Å². The molecule has 9 heteroatoms. The van der Waals surface area contributed by atoms with Gasteiger partial charge in [0.05, 0.1) is 33.0 Å². The molecular formula is C25H28N4O4S. The summed E-state index contributed by atoms with van der Waals surface area (Å²) in [7, 11) is 4.96. The second kappa shape index (κ2) is 10.6. The zero-order valence-electron chi connectivity index (χ0n) is 19.6. The number of hydrogen-bond donors (Lipinski definition) is 0. The minimum absolute atomic E-state index is 0.0623. The van der Waals surface area contributed by atoms with Crippen molar-refractivity contribution in [2.45, 2.75) is 19.6 Å². The Labute approximate surface area is 203 Å². The standard InChI is InChI=1S/C25H28N4O4S/c1-27-15-24(31)28(16-23(27)30)14-20-17-34-25(26-20)29(12-18-6-4-8-21(10-18)32-2)13-19-7-5-9-22(11-19)33-3/h4-11,17H,12-16H2,1-3H3. The summed E-state index contributed by atoms with van der Waals surface area (Å²) >= 11 is 1.53. The van der Waals surface area contributed by atoms with Gasteiger partial charge in [-0.25, -0.2) is 4.98 Å². The van der Waals surface area contributed by atoms with Crippen LogP contribution in [-0.2, 0) is 29.2 Å². The van der Waals surface area contributed by atoms with Gasteiger partial charge in [-0.1, -0.05) is 24.3 Å². The molecule has 1 saturated heterocycles. The average molecular weight is 481 g/mol. The number of carbonyl (C=O) groups is 2. The highest BCUT2D eigenvalue weighted by Crippen LogP contribution is 2.27. The smallest absolute Gasteiger partial charge is 0.243 e. The fourth-order valence-corrected chi connectivity index (χ4v) is 4.61. The first-order valence-electron chi connectivity index (χ1n) is 10.9. The molecule has 1 aliphatic rings. The Morgan fingerprint density at radius 1 is 0.941 bits per heavy atom. The average Bonchev–Trinajstić information content (AvgIpc) is 3.31. The van der Waals surface area contributed by atoms with Crippen LogP contribution in [0.25, 0.3) is 0 Å². The van der Waals surface area contributed by atoms with E-state index in [0.29, 0.717) is 19.6 Å². The van der Waals surface area contributed by atoms with Crippen LogP contribution in [0.3, 0.4) is 0 Å². The molecule has 0 spiro atoms. The largest absolute Gasteiger partial charge is 0.497 e. The Kier molecular flexibility index (Phi) is 7.32. The maximum absolute atomic E-state index is 12.4. The van der Waals surface area contributed by atoms with Crippen molar-refractivity contribution in [3.05, 3.63) is 70.7 Å². The molecule has 4 rings (SSSR count). The number of anilines is 1. The van der Waals surface area contributed by atoms with Crippen LogP contribution in [0.2, 0.25) is 0 Å². The van der Waals surface area contributed by atoms with E-state index in [9.17, 15) is 9.59 Å². The van der Waals surface area contributed by atoms with Gasteiger partial charge in [-0.05, 0) is 35.4 Å². The van der Waals surface area contributed by atoms with Crippen molar-refractivity contribution in [3.8, 4) is 11.5 Å². The quantitative estimate of drug-likeness (QED) is 0.468. The third-order valence-electron chi connectivity index (χ3n) is 5.66. The molecule has 2 aromatic carbocycles. The summed E-state index contributed by atoms with van der Waals surface area (Å²) in [6, 6.07) is 15.9. The zero-order chi connectivity index (χ0) is 24.1. The van der Waals surface area contributed by atoms with Gasteiger partial charge in [0, 0.05) is 25.5 Å². The number of carbonyl (C=O) groups excluding carboxylic acids is 2. The molecule has 34 heavy (non-hydrogen) atoms. The highest BCUT2D eigenvalue weighted by molar-refractivity contribution is 7.13.